The fourth-order valence-corrected chi connectivity index (χ4v) is 1.97. The van der Waals surface area contributed by atoms with Crippen LogP contribution < -0.4 is 5.32 Å². The molecule has 1 atom stereocenters. The lowest BCUT2D eigenvalue weighted by Gasteiger charge is -2.09. The summed E-state index contributed by atoms with van der Waals surface area (Å²) < 4.78 is 0. The first-order valence-electron chi connectivity index (χ1n) is 5.07. The Balaban J connectivity index is 2.22. The Bertz CT molecular complexity index is 348. The van der Waals surface area contributed by atoms with Gasteiger partial charge in [0.2, 0.25) is 5.91 Å². The maximum Gasteiger partial charge on any atom is 0.303 e. The number of hydrogen-bond donors (Lipinski definition) is 2. The number of amides is 1. The van der Waals surface area contributed by atoms with E-state index in [9.17, 15) is 9.59 Å². The number of thiophene rings is 1. The van der Waals surface area contributed by atoms with Gasteiger partial charge in [-0.25, -0.2) is 0 Å². The van der Waals surface area contributed by atoms with Crippen molar-refractivity contribution < 1.29 is 14.7 Å². The van der Waals surface area contributed by atoms with E-state index in [1.807, 2.05) is 16.8 Å². The first-order chi connectivity index (χ1) is 7.58. The summed E-state index contributed by atoms with van der Waals surface area (Å²) in [5.41, 5.74) is 0.994. The maximum atomic E-state index is 11.4. The van der Waals surface area contributed by atoms with Crippen LogP contribution in [0.3, 0.4) is 0 Å². The minimum absolute atomic E-state index is 0.0380. The minimum atomic E-state index is -0.834. The van der Waals surface area contributed by atoms with Crippen LogP contribution in [0.2, 0.25) is 0 Å². The zero-order valence-electron chi connectivity index (χ0n) is 9.10. The predicted molar refractivity (Wildman–Crippen MR) is 62.4 cm³/mol. The van der Waals surface area contributed by atoms with Crippen LogP contribution in [0.1, 0.15) is 18.9 Å². The maximum absolute atomic E-state index is 11.4. The fourth-order valence-electron chi connectivity index (χ4n) is 1.30. The molecule has 16 heavy (non-hydrogen) atoms. The molecule has 88 valence electrons. The van der Waals surface area contributed by atoms with Crippen LogP contribution in [0, 0.1) is 5.92 Å². The third kappa shape index (κ3) is 4.93. The van der Waals surface area contributed by atoms with Crippen LogP contribution in [0.25, 0.3) is 0 Å². The van der Waals surface area contributed by atoms with Gasteiger partial charge in [0.25, 0.3) is 0 Å². The number of nitrogens with one attached hydrogen (secondary N) is 1. The Morgan fingerprint density at radius 1 is 1.56 bits per heavy atom. The third-order valence-electron chi connectivity index (χ3n) is 2.12. The Morgan fingerprint density at radius 2 is 2.31 bits per heavy atom. The molecule has 0 saturated heterocycles. The summed E-state index contributed by atoms with van der Waals surface area (Å²) in [6.07, 6.45) is 0.446. The quantitative estimate of drug-likeness (QED) is 0.793. The molecule has 1 amide bonds. The molecule has 4 nitrogen and oxygen atoms in total. The number of carbonyl (C=O) groups excluding carboxylic acids is 1. The summed E-state index contributed by atoms with van der Waals surface area (Å²) >= 11 is 1.56. The second-order valence-electron chi connectivity index (χ2n) is 3.82. The molecule has 0 bridgehead atoms. The van der Waals surface area contributed by atoms with Crippen molar-refractivity contribution in [1.29, 1.82) is 0 Å². The number of carboxylic acids is 1. The minimum Gasteiger partial charge on any atom is -0.481 e. The molecular weight excluding hydrogens is 226 g/mol. The Hall–Kier alpha value is -1.36. The molecule has 5 heteroatoms. The van der Waals surface area contributed by atoms with Gasteiger partial charge in [-0.05, 0) is 28.3 Å². The van der Waals surface area contributed by atoms with E-state index < -0.39 is 5.97 Å². The Morgan fingerprint density at radius 3 is 2.88 bits per heavy atom. The summed E-state index contributed by atoms with van der Waals surface area (Å²) in [4.78, 5) is 21.8. The number of carbonyl (C=O) groups is 2. The summed E-state index contributed by atoms with van der Waals surface area (Å²) in [5, 5.41) is 15.1. The van der Waals surface area contributed by atoms with Crippen molar-refractivity contribution in [2.24, 2.45) is 5.92 Å². The van der Waals surface area contributed by atoms with Crippen molar-refractivity contribution in [2.75, 3.05) is 6.54 Å². The molecule has 0 aliphatic heterocycles. The van der Waals surface area contributed by atoms with Gasteiger partial charge in [-0.1, -0.05) is 6.92 Å². The molecule has 1 unspecified atom stereocenters. The van der Waals surface area contributed by atoms with Gasteiger partial charge in [0.15, 0.2) is 0 Å². The molecule has 1 aromatic rings. The fraction of sp³-hybridized carbons (Fsp3) is 0.455. The SMILES string of the molecule is CC(CNC(=O)Cc1ccsc1)CC(=O)O. The summed E-state index contributed by atoms with van der Waals surface area (Å²) in [5.74, 6) is -0.931. The van der Waals surface area contributed by atoms with Gasteiger partial charge in [-0.3, -0.25) is 9.59 Å². The lowest BCUT2D eigenvalue weighted by Crippen LogP contribution is -2.30. The van der Waals surface area contributed by atoms with Crippen LogP contribution in [0.5, 0.6) is 0 Å². The van der Waals surface area contributed by atoms with Crippen molar-refractivity contribution in [3.8, 4) is 0 Å². The van der Waals surface area contributed by atoms with Gasteiger partial charge in [0.1, 0.15) is 0 Å². The lowest BCUT2D eigenvalue weighted by molar-refractivity contribution is -0.138. The van der Waals surface area contributed by atoms with E-state index in [1.54, 1.807) is 18.3 Å². The number of hydrogen-bond acceptors (Lipinski definition) is 3. The van der Waals surface area contributed by atoms with Crippen molar-refractivity contribution in [3.63, 3.8) is 0 Å². The van der Waals surface area contributed by atoms with E-state index in [0.29, 0.717) is 13.0 Å². The molecule has 0 radical (unpaired) electrons. The molecule has 1 rings (SSSR count). The number of rotatable bonds is 6. The van der Waals surface area contributed by atoms with Gasteiger partial charge in [0.05, 0.1) is 6.42 Å². The average Bonchev–Trinajstić information content (AvgIpc) is 2.66. The summed E-state index contributed by atoms with van der Waals surface area (Å²) in [7, 11) is 0. The molecule has 2 N–H and O–H groups in total. The van der Waals surface area contributed by atoms with Crippen LogP contribution in [0.15, 0.2) is 16.8 Å². The van der Waals surface area contributed by atoms with Gasteiger partial charge in [0, 0.05) is 13.0 Å². The zero-order chi connectivity index (χ0) is 12.0. The highest BCUT2D eigenvalue weighted by Crippen LogP contribution is 2.06. The second-order valence-corrected chi connectivity index (χ2v) is 4.60. The summed E-state index contributed by atoms with van der Waals surface area (Å²) in [6.45, 7) is 2.22. The largest absolute Gasteiger partial charge is 0.481 e. The van der Waals surface area contributed by atoms with E-state index >= 15 is 0 Å². The molecule has 0 fully saturated rings. The normalized spacial score (nSPS) is 12.1. The highest BCUT2D eigenvalue weighted by Gasteiger charge is 2.09. The molecule has 0 aliphatic carbocycles. The molecule has 0 saturated carbocycles. The molecular formula is C11H15NO3S. The van der Waals surface area contributed by atoms with Gasteiger partial charge >= 0.3 is 5.97 Å². The van der Waals surface area contributed by atoms with Crippen LogP contribution >= 0.6 is 11.3 Å². The smallest absolute Gasteiger partial charge is 0.303 e. The Labute approximate surface area is 98.3 Å². The lowest BCUT2D eigenvalue weighted by atomic mass is 10.1. The van der Waals surface area contributed by atoms with E-state index in [1.165, 1.54) is 0 Å². The first-order valence-corrected chi connectivity index (χ1v) is 6.01. The highest BCUT2D eigenvalue weighted by molar-refractivity contribution is 7.07. The van der Waals surface area contributed by atoms with Crippen LogP contribution in [-0.2, 0) is 16.0 Å². The van der Waals surface area contributed by atoms with E-state index in [2.05, 4.69) is 5.32 Å². The van der Waals surface area contributed by atoms with Crippen molar-refractivity contribution >= 4 is 23.2 Å². The van der Waals surface area contributed by atoms with E-state index in [0.717, 1.165) is 5.56 Å². The molecule has 1 heterocycles. The first kappa shape index (κ1) is 12.7. The third-order valence-corrected chi connectivity index (χ3v) is 2.85. The predicted octanol–water partition coefficient (Wildman–Crippen LogP) is 1.52. The monoisotopic (exact) mass is 241 g/mol. The standard InChI is InChI=1S/C11H15NO3S/c1-8(4-11(14)15)6-12-10(13)5-9-2-3-16-7-9/h2-3,7-8H,4-6H2,1H3,(H,12,13)(H,14,15). The number of aliphatic carboxylic acids is 1. The second kappa shape index (κ2) is 6.27. The van der Waals surface area contributed by atoms with Crippen molar-refractivity contribution in [3.05, 3.63) is 22.4 Å². The zero-order valence-corrected chi connectivity index (χ0v) is 9.92. The van der Waals surface area contributed by atoms with Gasteiger partial charge in [-0.2, -0.15) is 11.3 Å². The summed E-state index contributed by atoms with van der Waals surface area (Å²) in [6, 6.07) is 1.91. The van der Waals surface area contributed by atoms with E-state index in [-0.39, 0.29) is 18.2 Å². The average molecular weight is 241 g/mol. The van der Waals surface area contributed by atoms with Gasteiger partial charge in [-0.15, -0.1) is 0 Å². The molecule has 1 aromatic heterocycles. The Kier molecular flexibility index (Phi) is 4.98. The molecule has 0 spiro atoms. The molecule has 0 aromatic carbocycles. The van der Waals surface area contributed by atoms with Gasteiger partial charge < -0.3 is 10.4 Å². The topological polar surface area (TPSA) is 66.4 Å². The van der Waals surface area contributed by atoms with Crippen LogP contribution in [-0.4, -0.2) is 23.5 Å². The highest BCUT2D eigenvalue weighted by atomic mass is 32.1. The van der Waals surface area contributed by atoms with Crippen molar-refractivity contribution in [2.45, 2.75) is 19.8 Å². The molecule has 0 aliphatic rings. The van der Waals surface area contributed by atoms with Crippen LogP contribution in [0.4, 0.5) is 0 Å². The van der Waals surface area contributed by atoms with Crippen molar-refractivity contribution in [1.82, 2.24) is 5.32 Å². The number of carboxylic acid groups (broad SMARTS) is 1. The van der Waals surface area contributed by atoms with E-state index in [4.69, 9.17) is 5.11 Å².